The smallest absolute Gasteiger partial charge is 0.123 e. The lowest BCUT2D eigenvalue weighted by Crippen LogP contribution is -2.44. The maximum Gasteiger partial charge on any atom is 0.123 e. The van der Waals surface area contributed by atoms with E-state index < -0.39 is 0 Å². The first-order valence-corrected chi connectivity index (χ1v) is 6.68. The van der Waals surface area contributed by atoms with Crippen molar-refractivity contribution < 1.29 is 9.47 Å². The van der Waals surface area contributed by atoms with Crippen LogP contribution in [-0.2, 0) is 10.2 Å². The van der Waals surface area contributed by atoms with E-state index in [0.29, 0.717) is 6.54 Å². The number of ether oxygens (including phenoxy) is 2. The molecule has 2 aliphatic rings. The summed E-state index contributed by atoms with van der Waals surface area (Å²) < 4.78 is 11.3. The molecule has 1 saturated heterocycles. The molecule has 1 heterocycles. The predicted molar refractivity (Wildman–Crippen MR) is 70.8 cm³/mol. The molecule has 0 bridgehead atoms. The van der Waals surface area contributed by atoms with E-state index in [9.17, 15) is 0 Å². The Morgan fingerprint density at radius 3 is 2.56 bits per heavy atom. The van der Waals surface area contributed by atoms with E-state index in [1.165, 1.54) is 18.4 Å². The van der Waals surface area contributed by atoms with Crippen molar-refractivity contribution >= 4 is 0 Å². The lowest BCUT2D eigenvalue weighted by atomic mass is 9.90. The number of para-hydroxylation sites is 1. The first-order valence-electron chi connectivity index (χ1n) is 6.68. The van der Waals surface area contributed by atoms with Crippen molar-refractivity contribution in [2.45, 2.75) is 25.2 Å². The van der Waals surface area contributed by atoms with Crippen LogP contribution in [0.15, 0.2) is 24.3 Å². The molecule has 1 aliphatic heterocycles. The zero-order chi connectivity index (χ0) is 12.6. The van der Waals surface area contributed by atoms with E-state index in [0.717, 1.165) is 25.6 Å². The minimum absolute atomic E-state index is 0.187. The Morgan fingerprint density at radius 2 is 2.00 bits per heavy atom. The van der Waals surface area contributed by atoms with Crippen LogP contribution in [0.3, 0.4) is 0 Å². The Labute approximate surface area is 108 Å². The maximum absolute atomic E-state index is 6.04. The highest BCUT2D eigenvalue weighted by atomic mass is 16.5. The lowest BCUT2D eigenvalue weighted by molar-refractivity contribution is -0.120. The third kappa shape index (κ3) is 2.02. The largest absolute Gasteiger partial charge is 0.493 e. The average Bonchev–Trinajstić information content (AvgIpc) is 3.15. The van der Waals surface area contributed by atoms with E-state index >= 15 is 0 Å². The highest BCUT2D eigenvalue weighted by molar-refractivity contribution is 5.43. The molecule has 0 spiro atoms. The first kappa shape index (κ1) is 12.0. The van der Waals surface area contributed by atoms with Gasteiger partial charge in [0.05, 0.1) is 19.8 Å². The van der Waals surface area contributed by atoms with Gasteiger partial charge in [0, 0.05) is 22.9 Å². The molecule has 2 fully saturated rings. The molecule has 1 saturated carbocycles. The molecule has 98 valence electrons. The van der Waals surface area contributed by atoms with Gasteiger partial charge >= 0.3 is 0 Å². The molecule has 1 aliphatic carbocycles. The van der Waals surface area contributed by atoms with E-state index in [1.54, 1.807) is 0 Å². The Bertz CT molecular complexity index is 436. The number of hydrogen-bond donors (Lipinski definition) is 1. The minimum Gasteiger partial charge on any atom is -0.493 e. The summed E-state index contributed by atoms with van der Waals surface area (Å²) in [5.74, 6) is 1.01. The van der Waals surface area contributed by atoms with E-state index in [2.05, 4.69) is 25.1 Å². The van der Waals surface area contributed by atoms with E-state index in [-0.39, 0.29) is 10.8 Å². The van der Waals surface area contributed by atoms with Gasteiger partial charge in [0.2, 0.25) is 0 Å². The second kappa shape index (κ2) is 4.25. The van der Waals surface area contributed by atoms with Gasteiger partial charge in [0.25, 0.3) is 0 Å². The standard InChI is InChI=1S/C15H21NO2/c1-14(9-17-10-14)11-18-13-5-3-2-4-12(13)15(8-16)6-7-15/h2-5H,6-11,16H2,1H3. The van der Waals surface area contributed by atoms with Crippen molar-refractivity contribution in [3.63, 3.8) is 0 Å². The third-order valence-electron chi connectivity index (χ3n) is 4.18. The fourth-order valence-corrected chi connectivity index (χ4v) is 2.55. The van der Waals surface area contributed by atoms with Crippen LogP contribution in [0.5, 0.6) is 5.75 Å². The summed E-state index contributed by atoms with van der Waals surface area (Å²) in [5, 5.41) is 0. The Hall–Kier alpha value is -1.06. The molecule has 1 aromatic rings. The predicted octanol–water partition coefficient (Wildman–Crippen LogP) is 2.09. The zero-order valence-corrected chi connectivity index (χ0v) is 10.9. The van der Waals surface area contributed by atoms with Crippen LogP contribution in [0.4, 0.5) is 0 Å². The number of hydrogen-bond acceptors (Lipinski definition) is 3. The van der Waals surface area contributed by atoms with Gasteiger partial charge in [0.1, 0.15) is 5.75 Å². The van der Waals surface area contributed by atoms with Gasteiger partial charge < -0.3 is 15.2 Å². The highest BCUT2D eigenvalue weighted by Crippen LogP contribution is 2.50. The number of rotatable bonds is 5. The second-order valence-electron chi connectivity index (χ2n) is 6.07. The van der Waals surface area contributed by atoms with Crippen LogP contribution in [0.1, 0.15) is 25.3 Å². The van der Waals surface area contributed by atoms with Crippen LogP contribution >= 0.6 is 0 Å². The minimum atomic E-state index is 0.187. The lowest BCUT2D eigenvalue weighted by Gasteiger charge is -2.37. The van der Waals surface area contributed by atoms with Crippen molar-refractivity contribution in [2.75, 3.05) is 26.4 Å². The van der Waals surface area contributed by atoms with Gasteiger partial charge in [-0.1, -0.05) is 25.1 Å². The fraction of sp³-hybridized carbons (Fsp3) is 0.600. The zero-order valence-electron chi connectivity index (χ0n) is 10.9. The molecule has 0 amide bonds. The Balaban J connectivity index is 1.75. The van der Waals surface area contributed by atoms with Gasteiger partial charge in [-0.2, -0.15) is 0 Å². The molecule has 1 aromatic carbocycles. The molecule has 0 radical (unpaired) electrons. The normalized spacial score (nSPS) is 23.2. The quantitative estimate of drug-likeness (QED) is 0.866. The molecule has 3 nitrogen and oxygen atoms in total. The van der Waals surface area contributed by atoms with Crippen LogP contribution in [0, 0.1) is 5.41 Å². The van der Waals surface area contributed by atoms with Crippen molar-refractivity contribution in [3.8, 4) is 5.75 Å². The van der Waals surface area contributed by atoms with Gasteiger partial charge in [-0.3, -0.25) is 0 Å². The highest BCUT2D eigenvalue weighted by Gasteiger charge is 2.45. The Morgan fingerprint density at radius 1 is 1.28 bits per heavy atom. The molecule has 3 heteroatoms. The van der Waals surface area contributed by atoms with E-state index in [4.69, 9.17) is 15.2 Å². The first-order chi connectivity index (χ1) is 8.68. The number of nitrogens with two attached hydrogens (primary N) is 1. The van der Waals surface area contributed by atoms with E-state index in [1.807, 2.05) is 6.07 Å². The monoisotopic (exact) mass is 247 g/mol. The topological polar surface area (TPSA) is 44.5 Å². The third-order valence-corrected chi connectivity index (χ3v) is 4.18. The summed E-state index contributed by atoms with van der Waals surface area (Å²) >= 11 is 0. The summed E-state index contributed by atoms with van der Waals surface area (Å²) in [6.07, 6.45) is 2.37. The molecular formula is C15H21NO2. The van der Waals surface area contributed by atoms with Crippen molar-refractivity contribution in [1.29, 1.82) is 0 Å². The summed E-state index contributed by atoms with van der Waals surface area (Å²) in [6.45, 7) is 5.25. The van der Waals surface area contributed by atoms with Crippen LogP contribution in [0.25, 0.3) is 0 Å². The molecule has 2 N–H and O–H groups in total. The summed E-state index contributed by atoms with van der Waals surface area (Å²) in [6, 6.07) is 8.33. The fourth-order valence-electron chi connectivity index (χ4n) is 2.55. The molecule has 0 aromatic heterocycles. The van der Waals surface area contributed by atoms with Crippen LogP contribution in [0.2, 0.25) is 0 Å². The molecule has 0 unspecified atom stereocenters. The second-order valence-corrected chi connectivity index (χ2v) is 6.07. The summed E-state index contributed by atoms with van der Waals surface area (Å²) in [7, 11) is 0. The van der Waals surface area contributed by atoms with Gasteiger partial charge in [-0.25, -0.2) is 0 Å². The van der Waals surface area contributed by atoms with Gasteiger partial charge in [-0.05, 0) is 18.9 Å². The summed E-state index contributed by atoms with van der Waals surface area (Å²) in [4.78, 5) is 0. The molecular weight excluding hydrogens is 226 g/mol. The van der Waals surface area contributed by atoms with Crippen molar-refractivity contribution in [3.05, 3.63) is 29.8 Å². The average molecular weight is 247 g/mol. The van der Waals surface area contributed by atoms with Crippen LogP contribution in [-0.4, -0.2) is 26.4 Å². The number of benzene rings is 1. The van der Waals surface area contributed by atoms with Crippen molar-refractivity contribution in [2.24, 2.45) is 11.1 Å². The Kier molecular flexibility index (Phi) is 2.83. The van der Waals surface area contributed by atoms with Gasteiger partial charge in [0.15, 0.2) is 0 Å². The van der Waals surface area contributed by atoms with Crippen LogP contribution < -0.4 is 10.5 Å². The SMILES string of the molecule is CC1(COc2ccccc2C2(CN)CC2)COC1. The maximum atomic E-state index is 6.04. The van der Waals surface area contributed by atoms with Gasteiger partial charge in [-0.15, -0.1) is 0 Å². The summed E-state index contributed by atoms with van der Waals surface area (Å²) in [5.41, 5.74) is 7.58. The molecule has 18 heavy (non-hydrogen) atoms. The molecule has 3 rings (SSSR count). The molecule has 0 atom stereocenters. The van der Waals surface area contributed by atoms with Crippen molar-refractivity contribution in [1.82, 2.24) is 0 Å².